The molecule has 0 saturated carbocycles. The van der Waals surface area contributed by atoms with Gasteiger partial charge in [-0.15, -0.1) is 0 Å². The van der Waals surface area contributed by atoms with Gasteiger partial charge in [0.05, 0.1) is 10.2 Å². The second-order valence-corrected chi connectivity index (χ2v) is 5.67. The zero-order valence-electron chi connectivity index (χ0n) is 11.3. The normalized spacial score (nSPS) is 11.6. The molecule has 98 valence electrons. The number of fused-ring (bicyclic) bond motifs is 1. The Morgan fingerprint density at radius 1 is 1.33 bits per heavy atom. The number of thiazole rings is 1. The zero-order chi connectivity index (χ0) is 13.0. The van der Waals surface area contributed by atoms with Gasteiger partial charge in [-0.2, -0.15) is 0 Å². The number of hydrogen-bond donors (Lipinski definition) is 1. The van der Waals surface area contributed by atoms with Crippen molar-refractivity contribution in [2.75, 3.05) is 25.0 Å². The monoisotopic (exact) mass is 263 g/mol. The fraction of sp³-hybridized carbons (Fsp3) is 0.500. The minimum Gasteiger partial charge on any atom is -0.360 e. The Bertz CT molecular complexity index is 459. The van der Waals surface area contributed by atoms with Crippen LogP contribution in [0.15, 0.2) is 24.3 Å². The van der Waals surface area contributed by atoms with E-state index in [1.54, 1.807) is 11.3 Å². The molecule has 1 heterocycles. The lowest BCUT2D eigenvalue weighted by Gasteiger charge is -2.24. The van der Waals surface area contributed by atoms with Gasteiger partial charge in [-0.05, 0) is 32.5 Å². The molecule has 2 rings (SSSR count). The molecule has 0 unspecified atom stereocenters. The molecule has 0 spiro atoms. The summed E-state index contributed by atoms with van der Waals surface area (Å²) in [6.45, 7) is 9.79. The van der Waals surface area contributed by atoms with Crippen molar-refractivity contribution in [1.82, 2.24) is 9.88 Å². The van der Waals surface area contributed by atoms with Crippen LogP contribution < -0.4 is 5.32 Å². The van der Waals surface area contributed by atoms with Crippen LogP contribution in [0.3, 0.4) is 0 Å². The van der Waals surface area contributed by atoms with Crippen molar-refractivity contribution in [3.05, 3.63) is 24.3 Å². The van der Waals surface area contributed by atoms with Crippen LogP contribution in [0.5, 0.6) is 0 Å². The van der Waals surface area contributed by atoms with Gasteiger partial charge in [-0.25, -0.2) is 4.98 Å². The van der Waals surface area contributed by atoms with E-state index >= 15 is 0 Å². The average molecular weight is 263 g/mol. The molecule has 3 nitrogen and oxygen atoms in total. The fourth-order valence-electron chi connectivity index (χ4n) is 2.04. The van der Waals surface area contributed by atoms with Gasteiger partial charge in [0.15, 0.2) is 5.13 Å². The molecular weight excluding hydrogens is 242 g/mol. The highest BCUT2D eigenvalue weighted by Crippen LogP contribution is 2.24. The third-order valence-electron chi connectivity index (χ3n) is 3.11. The molecule has 0 radical (unpaired) electrons. The zero-order valence-corrected chi connectivity index (χ0v) is 12.1. The van der Waals surface area contributed by atoms with E-state index < -0.39 is 0 Å². The molecule has 0 saturated heterocycles. The van der Waals surface area contributed by atoms with E-state index in [-0.39, 0.29) is 0 Å². The number of likely N-dealkylation sites (N-methyl/N-ethyl adjacent to an activating group) is 1. The van der Waals surface area contributed by atoms with E-state index in [1.807, 2.05) is 6.07 Å². The summed E-state index contributed by atoms with van der Waals surface area (Å²) in [6, 6.07) is 8.87. The summed E-state index contributed by atoms with van der Waals surface area (Å²) in [5, 5.41) is 4.44. The first-order valence-corrected chi connectivity index (χ1v) is 7.36. The largest absolute Gasteiger partial charge is 0.360 e. The number of anilines is 1. The molecular formula is C14H21N3S. The van der Waals surface area contributed by atoms with Crippen LogP contribution in [-0.4, -0.2) is 35.6 Å². The molecule has 4 heteroatoms. The minimum absolute atomic E-state index is 0.604. The number of aromatic nitrogens is 1. The fourth-order valence-corrected chi connectivity index (χ4v) is 2.93. The predicted molar refractivity (Wildman–Crippen MR) is 80.5 cm³/mol. The SMILES string of the molecule is CCN(CCNc1nc2ccccc2s1)C(C)C. The van der Waals surface area contributed by atoms with Crippen LogP contribution >= 0.6 is 11.3 Å². The van der Waals surface area contributed by atoms with Crippen LogP contribution in [0.4, 0.5) is 5.13 Å². The number of rotatable bonds is 6. The van der Waals surface area contributed by atoms with E-state index in [9.17, 15) is 0 Å². The topological polar surface area (TPSA) is 28.2 Å². The smallest absolute Gasteiger partial charge is 0.183 e. The van der Waals surface area contributed by atoms with Crippen LogP contribution in [0.25, 0.3) is 10.2 Å². The lowest BCUT2D eigenvalue weighted by Crippen LogP contribution is -2.34. The van der Waals surface area contributed by atoms with Crippen LogP contribution in [0.1, 0.15) is 20.8 Å². The van der Waals surface area contributed by atoms with Gasteiger partial charge in [0, 0.05) is 19.1 Å². The Hall–Kier alpha value is -1.13. The van der Waals surface area contributed by atoms with Gasteiger partial charge >= 0.3 is 0 Å². The maximum absolute atomic E-state index is 4.57. The predicted octanol–water partition coefficient (Wildman–Crippen LogP) is 3.44. The summed E-state index contributed by atoms with van der Waals surface area (Å²) >= 11 is 1.72. The summed E-state index contributed by atoms with van der Waals surface area (Å²) in [7, 11) is 0. The molecule has 1 aromatic heterocycles. The molecule has 0 bridgehead atoms. The maximum Gasteiger partial charge on any atom is 0.183 e. The number of nitrogens with one attached hydrogen (secondary N) is 1. The van der Waals surface area contributed by atoms with Crippen molar-refractivity contribution in [3.63, 3.8) is 0 Å². The highest BCUT2D eigenvalue weighted by Gasteiger charge is 2.07. The maximum atomic E-state index is 4.57. The number of hydrogen-bond acceptors (Lipinski definition) is 4. The Morgan fingerprint density at radius 2 is 2.11 bits per heavy atom. The van der Waals surface area contributed by atoms with E-state index in [1.165, 1.54) is 4.70 Å². The number of benzene rings is 1. The molecule has 0 aliphatic heterocycles. The lowest BCUT2D eigenvalue weighted by atomic mass is 10.3. The van der Waals surface area contributed by atoms with Crippen molar-refractivity contribution < 1.29 is 0 Å². The van der Waals surface area contributed by atoms with E-state index in [2.05, 4.69) is 54.2 Å². The van der Waals surface area contributed by atoms with E-state index in [0.29, 0.717) is 6.04 Å². The summed E-state index contributed by atoms with van der Waals surface area (Å²) in [5.41, 5.74) is 1.08. The lowest BCUT2D eigenvalue weighted by molar-refractivity contribution is 0.243. The van der Waals surface area contributed by atoms with Crippen LogP contribution in [-0.2, 0) is 0 Å². The molecule has 2 aromatic rings. The van der Waals surface area contributed by atoms with Crippen molar-refractivity contribution in [2.45, 2.75) is 26.8 Å². The molecule has 0 amide bonds. The van der Waals surface area contributed by atoms with Gasteiger partial charge in [-0.1, -0.05) is 30.4 Å². The van der Waals surface area contributed by atoms with Gasteiger partial charge in [0.25, 0.3) is 0 Å². The quantitative estimate of drug-likeness (QED) is 0.865. The van der Waals surface area contributed by atoms with Gasteiger partial charge in [-0.3, -0.25) is 4.90 Å². The van der Waals surface area contributed by atoms with Gasteiger partial charge < -0.3 is 5.32 Å². The molecule has 0 aliphatic carbocycles. The second-order valence-electron chi connectivity index (χ2n) is 4.64. The van der Waals surface area contributed by atoms with Gasteiger partial charge in [0.2, 0.25) is 0 Å². The van der Waals surface area contributed by atoms with Gasteiger partial charge in [0.1, 0.15) is 0 Å². The summed E-state index contributed by atoms with van der Waals surface area (Å²) in [6.07, 6.45) is 0. The van der Waals surface area contributed by atoms with Crippen molar-refractivity contribution >= 4 is 26.7 Å². The highest BCUT2D eigenvalue weighted by molar-refractivity contribution is 7.22. The third-order valence-corrected chi connectivity index (χ3v) is 4.10. The summed E-state index contributed by atoms with van der Waals surface area (Å²) in [5.74, 6) is 0. The molecule has 18 heavy (non-hydrogen) atoms. The molecule has 0 aliphatic rings. The molecule has 1 aromatic carbocycles. The first-order chi connectivity index (χ1) is 8.70. The van der Waals surface area contributed by atoms with E-state index in [4.69, 9.17) is 0 Å². The van der Waals surface area contributed by atoms with E-state index in [0.717, 1.165) is 30.3 Å². The number of nitrogens with zero attached hydrogens (tertiary/aromatic N) is 2. The van der Waals surface area contributed by atoms with Crippen molar-refractivity contribution in [3.8, 4) is 0 Å². The second kappa shape index (κ2) is 6.16. The van der Waals surface area contributed by atoms with Crippen molar-refractivity contribution in [2.24, 2.45) is 0 Å². The Labute approximate surface area is 113 Å². The standard InChI is InChI=1S/C14H21N3S/c1-4-17(11(2)3)10-9-15-14-16-12-7-5-6-8-13(12)18-14/h5-8,11H,4,9-10H2,1-3H3,(H,15,16). The Morgan fingerprint density at radius 3 is 2.78 bits per heavy atom. The third kappa shape index (κ3) is 3.21. The molecule has 0 fully saturated rings. The Balaban J connectivity index is 1.90. The average Bonchev–Trinajstić information content (AvgIpc) is 2.76. The van der Waals surface area contributed by atoms with Crippen LogP contribution in [0, 0.1) is 0 Å². The highest BCUT2D eigenvalue weighted by atomic mass is 32.1. The number of para-hydroxylation sites is 1. The first kappa shape index (κ1) is 13.3. The first-order valence-electron chi connectivity index (χ1n) is 6.54. The molecule has 0 atom stereocenters. The minimum atomic E-state index is 0.604. The Kier molecular flexibility index (Phi) is 4.55. The van der Waals surface area contributed by atoms with Crippen molar-refractivity contribution in [1.29, 1.82) is 0 Å². The molecule has 1 N–H and O–H groups in total. The van der Waals surface area contributed by atoms with Crippen LogP contribution in [0.2, 0.25) is 0 Å². The summed E-state index contributed by atoms with van der Waals surface area (Å²) in [4.78, 5) is 7.01. The summed E-state index contributed by atoms with van der Waals surface area (Å²) < 4.78 is 1.25.